The van der Waals surface area contributed by atoms with E-state index in [9.17, 15) is 93.4 Å². The molecule has 348 valence electrons. The van der Waals surface area contributed by atoms with Crippen LogP contribution in [-0.4, -0.2) is 37.7 Å². The fraction of sp³-hybridized carbons (Fsp3) is 0.417. The van der Waals surface area contributed by atoms with E-state index in [0.29, 0.717) is 0 Å². The van der Waals surface area contributed by atoms with E-state index in [1.165, 1.54) is 0 Å². The summed E-state index contributed by atoms with van der Waals surface area (Å²) in [6.45, 7) is -1.17. The van der Waals surface area contributed by atoms with Crippen LogP contribution in [0.5, 0.6) is 0 Å². The van der Waals surface area contributed by atoms with Crippen molar-refractivity contribution in [2.45, 2.75) is 56.3 Å². The Morgan fingerprint density at radius 1 is 0.349 bits per heavy atom. The van der Waals surface area contributed by atoms with Crippen LogP contribution < -0.4 is 31.9 Å². The highest BCUT2D eigenvalue weighted by atomic mass is 19.4. The second-order valence-corrected chi connectivity index (χ2v) is 14.2. The van der Waals surface area contributed by atoms with E-state index in [1.54, 1.807) is 0 Å². The third-order valence-electron chi connectivity index (χ3n) is 9.19. The lowest BCUT2D eigenvalue weighted by molar-refractivity contribution is -0.144. The minimum Gasteiger partial charge on any atom is -0.338 e. The van der Waals surface area contributed by atoms with Crippen molar-refractivity contribution in [3.05, 3.63) is 88.0 Å². The number of rotatable bonds is 9. The van der Waals surface area contributed by atoms with Gasteiger partial charge in [0.15, 0.2) is 0 Å². The summed E-state index contributed by atoms with van der Waals surface area (Å²) in [7, 11) is 0. The van der Waals surface area contributed by atoms with Gasteiger partial charge in [0.1, 0.15) is 0 Å². The zero-order valence-corrected chi connectivity index (χ0v) is 31.2. The predicted octanol–water partition coefficient (Wildman–Crippen LogP) is 11.6. The summed E-state index contributed by atoms with van der Waals surface area (Å²) in [5.74, 6) is -2.13. The van der Waals surface area contributed by atoms with Crippen LogP contribution in [0.4, 0.5) is 110 Å². The van der Waals surface area contributed by atoms with Crippen molar-refractivity contribution >= 4 is 35.2 Å². The number of carbonyl (C=O) groups excluding carboxylic acids is 3. The topological polar surface area (TPSA) is 123 Å². The molecule has 0 aromatic heterocycles. The van der Waals surface area contributed by atoms with E-state index in [1.807, 2.05) is 16.0 Å². The molecule has 6 amide bonds. The molecule has 1 aliphatic rings. The largest absolute Gasteiger partial charge is 0.416 e. The quantitative estimate of drug-likeness (QED) is 0.120. The van der Waals surface area contributed by atoms with Crippen LogP contribution in [0.3, 0.4) is 0 Å². The number of alkyl halides is 18. The van der Waals surface area contributed by atoms with Gasteiger partial charge < -0.3 is 31.9 Å². The Morgan fingerprint density at radius 3 is 0.683 bits per heavy atom. The second kappa shape index (κ2) is 18.5. The average Bonchev–Trinajstić information content (AvgIpc) is 3.13. The van der Waals surface area contributed by atoms with E-state index in [0.717, 1.165) is 0 Å². The van der Waals surface area contributed by atoms with E-state index >= 15 is 0 Å². The first-order valence-corrected chi connectivity index (χ1v) is 17.7. The van der Waals surface area contributed by atoms with Crippen LogP contribution in [0.2, 0.25) is 0 Å². The Kier molecular flexibility index (Phi) is 14.6. The predicted molar refractivity (Wildman–Crippen MR) is 185 cm³/mol. The number of amides is 6. The average molecular weight is 937 g/mol. The maximum absolute atomic E-state index is 13.3. The molecule has 1 aliphatic carbocycles. The molecule has 0 aliphatic heterocycles. The van der Waals surface area contributed by atoms with Crippen molar-refractivity contribution in [1.82, 2.24) is 16.0 Å². The zero-order valence-electron chi connectivity index (χ0n) is 31.2. The van der Waals surface area contributed by atoms with Crippen LogP contribution in [0.15, 0.2) is 54.6 Å². The highest BCUT2D eigenvalue weighted by Gasteiger charge is 2.40. The number of urea groups is 3. The summed E-state index contributed by atoms with van der Waals surface area (Å²) >= 11 is 0. The van der Waals surface area contributed by atoms with Crippen LogP contribution in [-0.2, 0) is 37.1 Å². The number of nitrogens with one attached hydrogen (secondary N) is 6. The SMILES string of the molecule is O=C(NCC1CC(CNC(=O)Nc2cc(C(F)(F)F)cc(C(F)(F)F)c2)CC(CNC(=O)Nc2cc(C(F)(F)F)cc(C(F)(F)F)c2)C1)Nc1cc(C(F)(F)F)cc(C(F)(F)F)c1. The summed E-state index contributed by atoms with van der Waals surface area (Å²) < 4.78 is 239. The lowest BCUT2D eigenvalue weighted by Gasteiger charge is -2.35. The highest BCUT2D eigenvalue weighted by Crippen LogP contribution is 2.41. The number of hydrogen-bond acceptors (Lipinski definition) is 3. The summed E-state index contributed by atoms with van der Waals surface area (Å²) in [5, 5.41) is 12.3. The molecule has 0 spiro atoms. The standard InChI is InChI=1S/C36H30F18N6O3/c37-31(38,39)19-4-20(32(40,41)42)8-25(7-19)58-28(61)55-13-16-1-17(14-56-29(62)59-26-9-21(33(43,44)45)5-22(10-26)34(46,47)48)3-18(2-16)15-57-30(63)60-27-11-23(35(49,50)51)6-24(12-27)36(52,53)54/h4-12,16-18H,1-3,13-15H2,(H2,55,58,61)(H2,56,59,62)(H2,57,60,63). The lowest BCUT2D eigenvalue weighted by atomic mass is 9.75. The van der Waals surface area contributed by atoms with Gasteiger partial charge in [0.2, 0.25) is 0 Å². The molecule has 27 heteroatoms. The maximum Gasteiger partial charge on any atom is 0.416 e. The summed E-state index contributed by atoms with van der Waals surface area (Å²) in [4.78, 5) is 38.0. The molecule has 0 saturated heterocycles. The Bertz CT molecular complexity index is 1790. The molecule has 3 aromatic rings. The summed E-state index contributed by atoms with van der Waals surface area (Å²) in [5.41, 5.74) is -13.2. The van der Waals surface area contributed by atoms with Gasteiger partial charge in [0.05, 0.1) is 33.4 Å². The lowest BCUT2D eigenvalue weighted by Crippen LogP contribution is -2.42. The smallest absolute Gasteiger partial charge is 0.338 e. The molecule has 0 radical (unpaired) electrons. The summed E-state index contributed by atoms with van der Waals surface area (Å²) in [6.07, 6.45) is -31.5. The van der Waals surface area contributed by atoms with Gasteiger partial charge >= 0.3 is 55.2 Å². The monoisotopic (exact) mass is 936 g/mol. The van der Waals surface area contributed by atoms with Crippen LogP contribution in [0.25, 0.3) is 0 Å². The van der Waals surface area contributed by atoms with Crippen molar-refractivity contribution in [3.8, 4) is 0 Å². The molecule has 1 fully saturated rings. The van der Waals surface area contributed by atoms with E-state index in [2.05, 4.69) is 16.0 Å². The van der Waals surface area contributed by atoms with Gasteiger partial charge in [0.25, 0.3) is 0 Å². The Hall–Kier alpha value is -5.79. The van der Waals surface area contributed by atoms with Gasteiger partial charge in [-0.3, -0.25) is 0 Å². The third kappa shape index (κ3) is 14.9. The molecule has 0 heterocycles. The van der Waals surface area contributed by atoms with Gasteiger partial charge in [-0.2, -0.15) is 79.0 Å². The molecule has 1 saturated carbocycles. The third-order valence-corrected chi connectivity index (χ3v) is 9.19. The Labute approximate surface area is 342 Å². The number of halogens is 18. The second-order valence-electron chi connectivity index (χ2n) is 14.2. The first kappa shape index (κ1) is 49.9. The van der Waals surface area contributed by atoms with Gasteiger partial charge in [0, 0.05) is 36.7 Å². The highest BCUT2D eigenvalue weighted by molar-refractivity contribution is 5.90. The Morgan fingerprint density at radius 2 is 0.524 bits per heavy atom. The Balaban J connectivity index is 1.49. The molecule has 63 heavy (non-hydrogen) atoms. The first-order chi connectivity index (χ1) is 28.7. The van der Waals surface area contributed by atoms with Crippen molar-refractivity contribution in [2.75, 3.05) is 35.6 Å². The first-order valence-electron chi connectivity index (χ1n) is 17.7. The fourth-order valence-electron chi connectivity index (χ4n) is 6.52. The number of carbonyl (C=O) groups is 3. The van der Waals surface area contributed by atoms with E-state index in [-0.39, 0.29) is 73.9 Å². The molecular formula is C36H30F18N6O3. The van der Waals surface area contributed by atoms with Crippen LogP contribution >= 0.6 is 0 Å². The molecule has 3 aromatic carbocycles. The van der Waals surface area contributed by atoms with Crippen molar-refractivity contribution in [2.24, 2.45) is 17.8 Å². The normalized spacial score (nSPS) is 17.7. The molecule has 0 bridgehead atoms. The molecule has 0 unspecified atom stereocenters. The van der Waals surface area contributed by atoms with Crippen molar-refractivity contribution in [3.63, 3.8) is 0 Å². The van der Waals surface area contributed by atoms with Crippen LogP contribution in [0.1, 0.15) is 52.6 Å². The van der Waals surface area contributed by atoms with Gasteiger partial charge in [-0.1, -0.05) is 0 Å². The zero-order chi connectivity index (χ0) is 47.5. The molecule has 9 nitrogen and oxygen atoms in total. The molecule has 4 rings (SSSR count). The number of hydrogen-bond donors (Lipinski definition) is 6. The molecule has 6 N–H and O–H groups in total. The summed E-state index contributed by atoms with van der Waals surface area (Å²) in [6, 6.07) is -3.11. The number of anilines is 3. The molecular weight excluding hydrogens is 906 g/mol. The van der Waals surface area contributed by atoms with E-state index < -0.39 is 143 Å². The molecule has 0 atom stereocenters. The van der Waals surface area contributed by atoms with Crippen molar-refractivity contribution in [1.29, 1.82) is 0 Å². The fourth-order valence-corrected chi connectivity index (χ4v) is 6.52. The van der Waals surface area contributed by atoms with Gasteiger partial charge in [-0.15, -0.1) is 0 Å². The van der Waals surface area contributed by atoms with Crippen LogP contribution in [0, 0.1) is 17.8 Å². The van der Waals surface area contributed by atoms with Crippen molar-refractivity contribution < 1.29 is 93.4 Å². The minimum absolute atomic E-state index is 0.0251. The minimum atomic E-state index is -5.26. The van der Waals surface area contributed by atoms with Gasteiger partial charge in [-0.25, -0.2) is 14.4 Å². The number of benzene rings is 3. The van der Waals surface area contributed by atoms with E-state index in [4.69, 9.17) is 0 Å². The van der Waals surface area contributed by atoms with Gasteiger partial charge in [-0.05, 0) is 91.6 Å². The maximum atomic E-state index is 13.3.